The highest BCUT2D eigenvalue weighted by Gasteiger charge is 2.43. The molecule has 1 N–H and O–H groups in total. The van der Waals surface area contributed by atoms with E-state index in [-0.39, 0.29) is 49.2 Å². The molecule has 13 heteroatoms. The number of ether oxygens (including phenoxy) is 3. The Labute approximate surface area is 240 Å². The van der Waals surface area contributed by atoms with Gasteiger partial charge in [-0.3, -0.25) is 14.6 Å². The van der Waals surface area contributed by atoms with Crippen molar-refractivity contribution in [2.24, 2.45) is 0 Å². The van der Waals surface area contributed by atoms with Crippen LogP contribution in [0.4, 0.5) is 18.0 Å². The Balaban J connectivity index is 1.42. The lowest BCUT2D eigenvalue weighted by atomic mass is 9.90. The first-order valence-electron chi connectivity index (χ1n) is 13.7. The third kappa shape index (κ3) is 5.73. The Kier molecular flexibility index (Phi) is 8.30. The van der Waals surface area contributed by atoms with Gasteiger partial charge in [-0.25, -0.2) is 9.59 Å². The summed E-state index contributed by atoms with van der Waals surface area (Å²) in [6.07, 6.45) is -4.70. The third-order valence-electron chi connectivity index (χ3n) is 7.48. The van der Waals surface area contributed by atoms with Gasteiger partial charge in [0.2, 0.25) is 6.79 Å². The van der Waals surface area contributed by atoms with E-state index in [0.717, 1.165) is 6.07 Å². The number of amides is 3. The third-order valence-corrected chi connectivity index (χ3v) is 7.48. The smallest absolute Gasteiger partial charge is 0.416 e. The number of urea groups is 1. The molecule has 224 valence electrons. The summed E-state index contributed by atoms with van der Waals surface area (Å²) in [7, 11) is 0. The summed E-state index contributed by atoms with van der Waals surface area (Å²) in [5.74, 6) is 0.116. The molecule has 1 atom stereocenters. The molecular formula is C29H31F3N4O6. The number of fused-ring (bicyclic) bond motifs is 1. The number of rotatable bonds is 7. The average molecular weight is 589 g/mol. The van der Waals surface area contributed by atoms with Gasteiger partial charge in [0.15, 0.2) is 11.5 Å². The molecular weight excluding hydrogens is 557 g/mol. The second-order valence-electron chi connectivity index (χ2n) is 9.93. The fourth-order valence-corrected chi connectivity index (χ4v) is 5.43. The molecule has 0 radical (unpaired) electrons. The van der Waals surface area contributed by atoms with Crippen LogP contribution in [0, 0.1) is 0 Å². The zero-order chi connectivity index (χ0) is 30.0. The van der Waals surface area contributed by atoms with E-state index in [0.29, 0.717) is 43.2 Å². The number of likely N-dealkylation sites (N-methyl/N-ethyl adjacent to an activating group) is 1. The van der Waals surface area contributed by atoms with Crippen molar-refractivity contribution in [1.29, 1.82) is 0 Å². The largest absolute Gasteiger partial charge is 0.463 e. The van der Waals surface area contributed by atoms with Crippen molar-refractivity contribution in [1.82, 2.24) is 20.0 Å². The number of nitrogens with zero attached hydrogens (tertiary/aromatic N) is 3. The van der Waals surface area contributed by atoms with E-state index in [1.165, 1.54) is 23.1 Å². The number of esters is 1. The lowest BCUT2D eigenvalue weighted by Gasteiger charge is -2.40. The van der Waals surface area contributed by atoms with Gasteiger partial charge in [0.1, 0.15) is 0 Å². The van der Waals surface area contributed by atoms with Crippen LogP contribution in [0.2, 0.25) is 0 Å². The Morgan fingerprint density at radius 1 is 1.02 bits per heavy atom. The predicted octanol–water partition coefficient (Wildman–Crippen LogP) is 3.80. The lowest BCUT2D eigenvalue weighted by Crippen LogP contribution is -2.54. The zero-order valence-electron chi connectivity index (χ0n) is 23.2. The first-order valence-corrected chi connectivity index (χ1v) is 13.7. The van der Waals surface area contributed by atoms with Gasteiger partial charge in [-0.05, 0) is 43.7 Å². The zero-order valence-corrected chi connectivity index (χ0v) is 23.2. The summed E-state index contributed by atoms with van der Waals surface area (Å²) in [6, 6.07) is 7.91. The van der Waals surface area contributed by atoms with Crippen LogP contribution in [0.25, 0.3) is 0 Å². The average Bonchev–Trinajstić information content (AvgIpc) is 3.45. The second kappa shape index (κ2) is 11.9. The molecule has 0 aromatic heterocycles. The summed E-state index contributed by atoms with van der Waals surface area (Å²) in [5.41, 5.74) is -0.496. The van der Waals surface area contributed by atoms with E-state index < -0.39 is 29.8 Å². The molecule has 3 aliphatic heterocycles. The van der Waals surface area contributed by atoms with Crippen LogP contribution >= 0.6 is 0 Å². The van der Waals surface area contributed by atoms with Gasteiger partial charge in [-0.1, -0.05) is 18.2 Å². The Morgan fingerprint density at radius 3 is 2.43 bits per heavy atom. The van der Waals surface area contributed by atoms with Gasteiger partial charge in [0, 0.05) is 50.5 Å². The van der Waals surface area contributed by atoms with Crippen LogP contribution in [0.1, 0.15) is 41.4 Å². The number of carbonyl (C=O) groups excluding carboxylic acids is 3. The van der Waals surface area contributed by atoms with Crippen molar-refractivity contribution >= 4 is 17.9 Å². The standard InChI is InChI=1S/C29H31F3N4O6/c1-3-36-21(16-34-11-13-35(14-12-34)26(37)18-9-10-22-23(15-18)42-17-41-22)24(27(38)40-4-2)25(33-28(36)39)19-7-5-6-8-20(19)29(30,31)32/h5-10,15,25H,3-4,11-14,16-17H2,1-2H3,(H,33,39)/t25-/m0/s1. The number of piperazine rings is 1. The first kappa shape index (κ1) is 29.2. The lowest BCUT2D eigenvalue weighted by molar-refractivity contribution is -0.141. The maximum Gasteiger partial charge on any atom is 0.416 e. The molecule has 0 saturated carbocycles. The maximum absolute atomic E-state index is 14.0. The molecule has 3 amide bonds. The van der Waals surface area contributed by atoms with Crippen LogP contribution in [-0.2, 0) is 15.7 Å². The van der Waals surface area contributed by atoms with Crippen LogP contribution in [-0.4, -0.2) is 85.3 Å². The molecule has 2 aromatic rings. The molecule has 3 heterocycles. The van der Waals surface area contributed by atoms with Crippen molar-refractivity contribution in [3.63, 3.8) is 0 Å². The van der Waals surface area contributed by atoms with Gasteiger partial charge in [-0.2, -0.15) is 13.2 Å². The van der Waals surface area contributed by atoms with Crippen LogP contribution in [0.3, 0.4) is 0 Å². The Bertz CT molecular complexity index is 1400. The number of hydrogen-bond donors (Lipinski definition) is 1. The number of alkyl halides is 3. The van der Waals surface area contributed by atoms with Gasteiger partial charge < -0.3 is 24.4 Å². The molecule has 10 nitrogen and oxygen atoms in total. The number of nitrogens with one attached hydrogen (secondary N) is 1. The monoisotopic (exact) mass is 588 g/mol. The van der Waals surface area contributed by atoms with Crippen LogP contribution in [0.5, 0.6) is 11.5 Å². The number of carbonyl (C=O) groups is 3. The normalized spacial score (nSPS) is 19.2. The molecule has 3 aliphatic rings. The molecule has 5 rings (SSSR count). The highest BCUT2D eigenvalue weighted by Crippen LogP contribution is 2.40. The fourth-order valence-electron chi connectivity index (χ4n) is 5.43. The van der Waals surface area contributed by atoms with E-state index in [1.54, 1.807) is 36.9 Å². The Morgan fingerprint density at radius 2 is 1.74 bits per heavy atom. The molecule has 0 unspecified atom stereocenters. The SMILES string of the molecule is CCOC(=O)C1=C(CN2CCN(C(=O)c3ccc4c(c3)OCO4)CC2)N(CC)C(=O)N[C@H]1c1ccccc1C(F)(F)F. The maximum atomic E-state index is 14.0. The number of benzene rings is 2. The minimum atomic E-state index is -4.70. The van der Waals surface area contributed by atoms with Crippen molar-refractivity contribution in [3.8, 4) is 11.5 Å². The van der Waals surface area contributed by atoms with Gasteiger partial charge in [0.25, 0.3) is 5.91 Å². The molecule has 0 spiro atoms. The molecule has 1 saturated heterocycles. The highest BCUT2D eigenvalue weighted by atomic mass is 19.4. The highest BCUT2D eigenvalue weighted by molar-refractivity contribution is 5.96. The predicted molar refractivity (Wildman–Crippen MR) is 144 cm³/mol. The topological polar surface area (TPSA) is 101 Å². The van der Waals surface area contributed by atoms with Gasteiger partial charge in [0.05, 0.1) is 23.8 Å². The van der Waals surface area contributed by atoms with E-state index in [2.05, 4.69) is 5.32 Å². The quantitative estimate of drug-likeness (QED) is 0.492. The molecule has 0 bridgehead atoms. The number of halogens is 3. The summed E-state index contributed by atoms with van der Waals surface area (Å²) < 4.78 is 57.9. The van der Waals surface area contributed by atoms with Crippen LogP contribution in [0.15, 0.2) is 53.7 Å². The van der Waals surface area contributed by atoms with Crippen molar-refractivity contribution in [3.05, 3.63) is 70.4 Å². The van der Waals surface area contributed by atoms with E-state index in [1.807, 2.05) is 4.90 Å². The summed E-state index contributed by atoms with van der Waals surface area (Å²) in [5, 5.41) is 2.60. The molecule has 1 fully saturated rings. The van der Waals surface area contributed by atoms with Crippen LogP contribution < -0.4 is 14.8 Å². The fraction of sp³-hybridized carbons (Fsp3) is 0.414. The minimum absolute atomic E-state index is 0.00394. The summed E-state index contributed by atoms with van der Waals surface area (Å²) in [4.78, 5) is 44.7. The first-order chi connectivity index (χ1) is 20.1. The summed E-state index contributed by atoms with van der Waals surface area (Å²) in [6.45, 7) is 5.28. The van der Waals surface area contributed by atoms with Crippen molar-refractivity contribution in [2.45, 2.75) is 26.1 Å². The van der Waals surface area contributed by atoms with E-state index in [4.69, 9.17) is 14.2 Å². The second-order valence-corrected chi connectivity index (χ2v) is 9.93. The summed E-state index contributed by atoms with van der Waals surface area (Å²) >= 11 is 0. The Hall–Kier alpha value is -4.26. The van der Waals surface area contributed by atoms with E-state index >= 15 is 0 Å². The van der Waals surface area contributed by atoms with Crippen molar-refractivity contribution in [2.75, 3.05) is 52.7 Å². The number of hydrogen-bond acceptors (Lipinski definition) is 7. The van der Waals surface area contributed by atoms with E-state index in [9.17, 15) is 27.6 Å². The minimum Gasteiger partial charge on any atom is -0.463 e. The van der Waals surface area contributed by atoms with Crippen molar-refractivity contribution < 1.29 is 41.8 Å². The van der Waals surface area contributed by atoms with Gasteiger partial charge >= 0.3 is 18.2 Å². The van der Waals surface area contributed by atoms with Gasteiger partial charge in [-0.15, -0.1) is 0 Å². The molecule has 42 heavy (non-hydrogen) atoms. The molecule has 2 aromatic carbocycles. The molecule has 0 aliphatic carbocycles.